The highest BCUT2D eigenvalue weighted by Crippen LogP contribution is 2.34. The Morgan fingerprint density at radius 2 is 1.97 bits per heavy atom. The Hall–Kier alpha value is -2.07. The Kier molecular flexibility index (Phi) is 9.16. The Balaban J connectivity index is 0.00000155. The molecule has 0 spiro atoms. The molecule has 0 amide bonds. The number of hydrogen-bond donors (Lipinski definition) is 1. The highest BCUT2D eigenvalue weighted by molar-refractivity contribution is 5.59. The standard InChI is InChI=1S/C24H33FN2O.C2H6/c1-6-17(4)21-9-7-19(14-23(21)27-12-11-18(5)26-27)13-20-8-10-22(25)24(15-20)28-16(2)3;1-2/h7,9-12,14-18,20,26H,6,8,13H2,1-5H3;1-2H3. The number of anilines is 1. The van der Waals surface area contributed by atoms with Gasteiger partial charge in [-0.05, 0) is 87.3 Å². The van der Waals surface area contributed by atoms with Crippen LogP contribution in [0.1, 0.15) is 78.4 Å². The van der Waals surface area contributed by atoms with E-state index in [1.165, 1.54) is 16.8 Å². The van der Waals surface area contributed by atoms with Gasteiger partial charge in [0.15, 0.2) is 11.6 Å². The second-order valence-corrected chi connectivity index (χ2v) is 8.28. The number of nitrogens with one attached hydrogen (secondary N) is 1. The SMILES string of the molecule is CC.CCC(C)c1ccc(CC2C=C(OC(C)C)C(F)=CC2)cc1N1C=CC(C)N1. The lowest BCUT2D eigenvalue weighted by Crippen LogP contribution is -2.34. The van der Waals surface area contributed by atoms with Crippen molar-refractivity contribution >= 4 is 5.69 Å². The largest absolute Gasteiger partial charge is 0.488 e. The third-order valence-electron chi connectivity index (χ3n) is 5.45. The summed E-state index contributed by atoms with van der Waals surface area (Å²) in [7, 11) is 0. The van der Waals surface area contributed by atoms with Crippen LogP contribution >= 0.6 is 0 Å². The molecule has 0 aromatic heterocycles. The molecule has 3 rings (SSSR count). The summed E-state index contributed by atoms with van der Waals surface area (Å²) >= 11 is 0. The molecule has 4 heteroatoms. The lowest BCUT2D eigenvalue weighted by Gasteiger charge is -2.26. The highest BCUT2D eigenvalue weighted by atomic mass is 19.1. The van der Waals surface area contributed by atoms with Gasteiger partial charge in [0, 0.05) is 12.2 Å². The fraction of sp³-hybridized carbons (Fsp3) is 0.538. The van der Waals surface area contributed by atoms with E-state index in [2.05, 4.69) is 61.7 Å². The molecular weight excluding hydrogens is 375 g/mol. The summed E-state index contributed by atoms with van der Waals surface area (Å²) in [4.78, 5) is 0. The van der Waals surface area contributed by atoms with Crippen LogP contribution in [0.2, 0.25) is 0 Å². The van der Waals surface area contributed by atoms with Gasteiger partial charge < -0.3 is 4.74 Å². The minimum atomic E-state index is -0.238. The van der Waals surface area contributed by atoms with Gasteiger partial charge in [-0.1, -0.05) is 39.8 Å². The van der Waals surface area contributed by atoms with E-state index < -0.39 is 0 Å². The van der Waals surface area contributed by atoms with E-state index in [1.54, 1.807) is 6.08 Å². The first-order valence-electron chi connectivity index (χ1n) is 11.5. The summed E-state index contributed by atoms with van der Waals surface area (Å²) in [6.07, 6.45) is 10.5. The molecule has 1 aliphatic heterocycles. The van der Waals surface area contributed by atoms with Crippen molar-refractivity contribution in [3.63, 3.8) is 0 Å². The highest BCUT2D eigenvalue weighted by Gasteiger charge is 2.21. The van der Waals surface area contributed by atoms with Gasteiger partial charge in [0.1, 0.15) is 0 Å². The van der Waals surface area contributed by atoms with E-state index in [-0.39, 0.29) is 17.8 Å². The molecule has 3 atom stereocenters. The van der Waals surface area contributed by atoms with Crippen LogP contribution in [0.15, 0.2) is 54.2 Å². The van der Waals surface area contributed by atoms with E-state index in [1.807, 2.05) is 33.8 Å². The van der Waals surface area contributed by atoms with Gasteiger partial charge in [0.05, 0.1) is 11.8 Å². The molecule has 1 N–H and O–H groups in total. The molecule has 0 saturated carbocycles. The predicted molar refractivity (Wildman–Crippen MR) is 126 cm³/mol. The first-order valence-corrected chi connectivity index (χ1v) is 11.5. The third-order valence-corrected chi connectivity index (χ3v) is 5.45. The summed E-state index contributed by atoms with van der Waals surface area (Å²) in [5.41, 5.74) is 7.32. The van der Waals surface area contributed by atoms with Crippen molar-refractivity contribution in [2.45, 2.75) is 85.8 Å². The molecule has 166 valence electrons. The van der Waals surface area contributed by atoms with Crippen LogP contribution in [0, 0.1) is 5.92 Å². The van der Waals surface area contributed by atoms with Crippen LogP contribution in [0.25, 0.3) is 0 Å². The molecule has 30 heavy (non-hydrogen) atoms. The number of hydrogen-bond acceptors (Lipinski definition) is 3. The first-order chi connectivity index (χ1) is 14.4. The van der Waals surface area contributed by atoms with Gasteiger partial charge in [-0.15, -0.1) is 0 Å². The fourth-order valence-electron chi connectivity index (χ4n) is 3.74. The smallest absolute Gasteiger partial charge is 0.160 e. The lowest BCUT2D eigenvalue weighted by molar-refractivity contribution is 0.142. The normalized spacial score (nSPS) is 21.7. The molecule has 0 fully saturated rings. The van der Waals surface area contributed by atoms with Crippen LogP contribution in [-0.2, 0) is 11.2 Å². The average Bonchev–Trinajstić information content (AvgIpc) is 3.17. The number of ether oxygens (including phenoxy) is 1. The summed E-state index contributed by atoms with van der Waals surface area (Å²) in [6.45, 7) is 14.5. The Bertz CT molecular complexity index is 781. The van der Waals surface area contributed by atoms with Crippen molar-refractivity contribution in [1.82, 2.24) is 5.43 Å². The molecule has 1 heterocycles. The molecule has 0 radical (unpaired) electrons. The van der Waals surface area contributed by atoms with E-state index in [0.717, 1.165) is 12.8 Å². The zero-order valence-electron chi connectivity index (χ0n) is 19.7. The number of hydrazine groups is 1. The van der Waals surface area contributed by atoms with Gasteiger partial charge in [-0.25, -0.2) is 9.82 Å². The maximum atomic E-state index is 14.1. The monoisotopic (exact) mass is 414 g/mol. The number of allylic oxidation sites excluding steroid dienone is 3. The number of benzene rings is 1. The van der Waals surface area contributed by atoms with E-state index in [4.69, 9.17) is 4.74 Å². The first kappa shape index (κ1) is 24.2. The molecular formula is C26H39FN2O. The van der Waals surface area contributed by atoms with E-state index in [0.29, 0.717) is 24.1 Å². The quantitative estimate of drug-likeness (QED) is 0.511. The molecule has 3 unspecified atom stereocenters. The zero-order valence-corrected chi connectivity index (χ0v) is 19.7. The Morgan fingerprint density at radius 3 is 2.57 bits per heavy atom. The molecule has 1 aromatic carbocycles. The topological polar surface area (TPSA) is 24.5 Å². The van der Waals surface area contributed by atoms with Crippen LogP contribution in [0.3, 0.4) is 0 Å². The lowest BCUT2D eigenvalue weighted by atomic mass is 9.89. The van der Waals surface area contributed by atoms with Crippen molar-refractivity contribution in [3.05, 3.63) is 65.3 Å². The van der Waals surface area contributed by atoms with Gasteiger partial charge in [-0.2, -0.15) is 0 Å². The minimum absolute atomic E-state index is 0.0272. The zero-order chi connectivity index (χ0) is 22.3. The Morgan fingerprint density at radius 1 is 1.23 bits per heavy atom. The molecule has 1 aliphatic carbocycles. The predicted octanol–water partition coefficient (Wildman–Crippen LogP) is 7.18. The van der Waals surface area contributed by atoms with Crippen LogP contribution in [-0.4, -0.2) is 12.1 Å². The number of halogens is 1. The van der Waals surface area contributed by atoms with Gasteiger partial charge in [0.25, 0.3) is 0 Å². The maximum Gasteiger partial charge on any atom is 0.160 e. The average molecular weight is 415 g/mol. The van der Waals surface area contributed by atoms with Crippen molar-refractivity contribution in [2.24, 2.45) is 5.92 Å². The van der Waals surface area contributed by atoms with Crippen molar-refractivity contribution in [3.8, 4) is 0 Å². The number of rotatable bonds is 7. The van der Waals surface area contributed by atoms with Crippen LogP contribution in [0.4, 0.5) is 10.1 Å². The van der Waals surface area contributed by atoms with E-state index >= 15 is 0 Å². The van der Waals surface area contributed by atoms with Gasteiger partial charge in [-0.3, -0.25) is 5.01 Å². The summed E-state index contributed by atoms with van der Waals surface area (Å²) in [5.74, 6) is 0.892. The minimum Gasteiger partial charge on any atom is -0.488 e. The number of nitrogens with zero attached hydrogens (tertiary/aromatic N) is 1. The second kappa shape index (κ2) is 11.4. The van der Waals surface area contributed by atoms with Gasteiger partial charge >= 0.3 is 0 Å². The van der Waals surface area contributed by atoms with Gasteiger partial charge in [0.2, 0.25) is 0 Å². The second-order valence-electron chi connectivity index (χ2n) is 8.28. The van der Waals surface area contributed by atoms with Crippen LogP contribution in [0.5, 0.6) is 0 Å². The Labute approximate surface area is 182 Å². The maximum absolute atomic E-state index is 14.1. The third kappa shape index (κ3) is 6.21. The summed E-state index contributed by atoms with van der Waals surface area (Å²) < 4.78 is 19.7. The van der Waals surface area contributed by atoms with Crippen molar-refractivity contribution in [1.29, 1.82) is 0 Å². The van der Waals surface area contributed by atoms with Crippen molar-refractivity contribution < 1.29 is 9.13 Å². The molecule has 3 nitrogen and oxygen atoms in total. The molecule has 1 aromatic rings. The molecule has 2 aliphatic rings. The summed E-state index contributed by atoms with van der Waals surface area (Å²) in [6, 6.07) is 7.09. The van der Waals surface area contributed by atoms with E-state index in [9.17, 15) is 4.39 Å². The summed E-state index contributed by atoms with van der Waals surface area (Å²) in [5, 5.41) is 2.14. The molecule has 0 saturated heterocycles. The fourth-order valence-corrected chi connectivity index (χ4v) is 3.74. The molecule has 0 bridgehead atoms. The van der Waals surface area contributed by atoms with Crippen LogP contribution < -0.4 is 10.4 Å². The van der Waals surface area contributed by atoms with Crippen molar-refractivity contribution in [2.75, 3.05) is 5.01 Å².